The van der Waals surface area contributed by atoms with Crippen LogP contribution in [-0.4, -0.2) is 10.8 Å². The minimum Gasteiger partial charge on any atom is -0.306 e. The van der Waals surface area contributed by atoms with Crippen molar-refractivity contribution >= 4 is 46.0 Å². The molecule has 5 unspecified atom stereocenters. The second kappa shape index (κ2) is 7.64. The minimum absolute atomic E-state index is 0.136. The van der Waals surface area contributed by atoms with Crippen molar-refractivity contribution in [2.24, 2.45) is 23.2 Å². The fraction of sp³-hybridized carbons (Fsp3) is 0.455. The first kappa shape index (κ1) is 22.5. The normalized spacial score (nSPS) is 34.9. The first-order valence-electron chi connectivity index (χ1n) is 14.5. The lowest BCUT2D eigenvalue weighted by Crippen LogP contribution is -2.59. The van der Waals surface area contributed by atoms with E-state index in [0.29, 0.717) is 28.2 Å². The van der Waals surface area contributed by atoms with Crippen LogP contribution in [0.3, 0.4) is 0 Å². The van der Waals surface area contributed by atoms with Gasteiger partial charge in [-0.1, -0.05) is 41.4 Å². The lowest BCUT2D eigenvalue weighted by molar-refractivity contribution is -0.147. The number of hydrogen-bond donors (Lipinski definition) is 0. The lowest BCUT2D eigenvalue weighted by atomic mass is 9.37. The summed E-state index contributed by atoms with van der Waals surface area (Å²) in [5, 5.41) is 1.49. The molecule has 1 aromatic heterocycles. The molecular formula is C33H30Cl2N2O. The van der Waals surface area contributed by atoms with Gasteiger partial charge in [0.1, 0.15) is 0 Å². The molecule has 0 amide bonds. The Bertz CT molecular complexity index is 1530. The number of carbonyl (C=O) groups is 1. The molecule has 192 valence electrons. The SMILES string of the molecule is O=C1c2cc(N(c3ccccc3)c3cnc4c(c3Cl)C3CC5CC6CC4C56C3)c(Cl)cc2C2CCC1CC2. The first-order chi connectivity index (χ1) is 18.5. The number of benzene rings is 2. The number of nitrogens with zero attached hydrogens (tertiary/aromatic N) is 2. The lowest BCUT2D eigenvalue weighted by Gasteiger charge is -2.67. The largest absolute Gasteiger partial charge is 0.306 e. The summed E-state index contributed by atoms with van der Waals surface area (Å²) in [6, 6.07) is 14.4. The number of rotatable bonds is 3. The van der Waals surface area contributed by atoms with Crippen LogP contribution in [0, 0.1) is 23.2 Å². The molecule has 1 spiro atoms. The van der Waals surface area contributed by atoms with Crippen molar-refractivity contribution in [1.29, 1.82) is 0 Å². The van der Waals surface area contributed by atoms with Crippen molar-refractivity contribution in [3.63, 3.8) is 0 Å². The van der Waals surface area contributed by atoms with Crippen molar-refractivity contribution in [1.82, 2.24) is 4.98 Å². The number of fused-ring (bicyclic) bond motifs is 6. The number of halogens is 2. The molecule has 5 heteroatoms. The highest BCUT2D eigenvalue weighted by Crippen LogP contribution is 2.82. The van der Waals surface area contributed by atoms with Crippen LogP contribution in [-0.2, 0) is 0 Å². The maximum atomic E-state index is 13.6. The maximum absolute atomic E-state index is 13.6. The minimum atomic E-state index is 0.136. The Balaban J connectivity index is 1.23. The van der Waals surface area contributed by atoms with Gasteiger partial charge in [-0.05, 0) is 116 Å². The van der Waals surface area contributed by atoms with Crippen LogP contribution in [0.2, 0.25) is 10.0 Å². The number of pyridine rings is 1. The number of ketones is 1. The monoisotopic (exact) mass is 540 g/mol. The Labute approximate surface area is 233 Å². The van der Waals surface area contributed by atoms with E-state index in [9.17, 15) is 4.79 Å². The van der Waals surface area contributed by atoms with Crippen LogP contribution < -0.4 is 4.90 Å². The zero-order chi connectivity index (χ0) is 25.3. The highest BCUT2D eigenvalue weighted by molar-refractivity contribution is 6.36. The molecule has 38 heavy (non-hydrogen) atoms. The summed E-state index contributed by atoms with van der Waals surface area (Å²) < 4.78 is 0. The number of para-hydroxylation sites is 1. The molecule has 4 saturated carbocycles. The Kier molecular flexibility index (Phi) is 4.51. The van der Waals surface area contributed by atoms with E-state index in [4.69, 9.17) is 28.2 Å². The summed E-state index contributed by atoms with van der Waals surface area (Å²) >= 11 is 14.5. The van der Waals surface area contributed by atoms with E-state index in [2.05, 4.69) is 29.2 Å². The number of Topliss-reactive ketones (excluding diaryl/α,β-unsaturated/α-hetero) is 1. The van der Waals surface area contributed by atoms with Crippen LogP contribution in [0.1, 0.15) is 96.3 Å². The first-order valence-corrected chi connectivity index (χ1v) is 15.2. The fourth-order valence-corrected chi connectivity index (χ4v) is 10.6. The third kappa shape index (κ3) is 2.68. The van der Waals surface area contributed by atoms with Crippen LogP contribution in [0.15, 0.2) is 48.7 Å². The van der Waals surface area contributed by atoms with Crippen molar-refractivity contribution < 1.29 is 4.79 Å². The predicted octanol–water partition coefficient (Wildman–Crippen LogP) is 9.33. The zero-order valence-electron chi connectivity index (χ0n) is 21.3. The van der Waals surface area contributed by atoms with Crippen LogP contribution in [0.5, 0.6) is 0 Å². The number of carbonyl (C=O) groups excluding carboxylic acids is 1. The third-order valence-corrected chi connectivity index (χ3v) is 12.3. The third-order valence-electron chi connectivity index (χ3n) is 11.6. The van der Waals surface area contributed by atoms with E-state index < -0.39 is 0 Å². The second-order valence-electron chi connectivity index (χ2n) is 12.9. The smallest absolute Gasteiger partial charge is 0.166 e. The van der Waals surface area contributed by atoms with E-state index in [1.165, 1.54) is 36.9 Å². The summed E-state index contributed by atoms with van der Waals surface area (Å²) in [6.45, 7) is 0. The number of hydrogen-bond acceptors (Lipinski definition) is 3. The van der Waals surface area contributed by atoms with Crippen LogP contribution in [0.4, 0.5) is 17.1 Å². The van der Waals surface area contributed by atoms with Crippen LogP contribution >= 0.6 is 23.2 Å². The van der Waals surface area contributed by atoms with Gasteiger partial charge in [0.2, 0.25) is 0 Å². The quantitative estimate of drug-likeness (QED) is 0.331. The molecule has 1 heterocycles. The summed E-state index contributed by atoms with van der Waals surface area (Å²) in [7, 11) is 0. The topological polar surface area (TPSA) is 33.2 Å². The maximum Gasteiger partial charge on any atom is 0.166 e. The van der Waals surface area contributed by atoms with Crippen molar-refractivity contribution in [3.05, 3.63) is 81.1 Å². The van der Waals surface area contributed by atoms with Gasteiger partial charge in [-0.25, -0.2) is 0 Å². The van der Waals surface area contributed by atoms with Gasteiger partial charge in [-0.15, -0.1) is 0 Å². The fourth-order valence-electron chi connectivity index (χ4n) is 9.91. The summed E-state index contributed by atoms with van der Waals surface area (Å²) in [6.07, 6.45) is 11.3. The molecule has 4 bridgehead atoms. The molecule has 0 saturated heterocycles. The van der Waals surface area contributed by atoms with Gasteiger partial charge in [-0.3, -0.25) is 9.78 Å². The van der Waals surface area contributed by atoms with E-state index >= 15 is 0 Å². The second-order valence-corrected chi connectivity index (χ2v) is 13.7. The Hall–Kier alpha value is -2.36. The number of aromatic nitrogens is 1. The van der Waals surface area contributed by atoms with Gasteiger partial charge >= 0.3 is 0 Å². The molecule has 3 aromatic rings. The molecule has 0 radical (unpaired) electrons. The molecule has 7 aliphatic rings. The highest BCUT2D eigenvalue weighted by atomic mass is 35.5. The summed E-state index contributed by atoms with van der Waals surface area (Å²) in [4.78, 5) is 20.9. The van der Waals surface area contributed by atoms with E-state index in [1.807, 2.05) is 24.4 Å². The molecule has 10 rings (SSSR count). The Morgan fingerprint density at radius 3 is 2.42 bits per heavy atom. The predicted molar refractivity (Wildman–Crippen MR) is 151 cm³/mol. The van der Waals surface area contributed by atoms with Crippen molar-refractivity contribution in [2.75, 3.05) is 4.90 Å². The van der Waals surface area contributed by atoms with E-state index in [1.54, 1.807) is 0 Å². The van der Waals surface area contributed by atoms with Gasteiger partial charge in [0.25, 0.3) is 0 Å². The molecule has 7 aliphatic carbocycles. The average Bonchev–Trinajstić information content (AvgIpc) is 3.19. The molecule has 0 N–H and O–H groups in total. The summed E-state index contributed by atoms with van der Waals surface area (Å²) in [5.74, 6) is 3.71. The molecule has 3 nitrogen and oxygen atoms in total. The molecule has 4 fully saturated rings. The standard InChI is InChI=1S/C33H30Cl2N2O/c34-26-13-23-17-6-8-18(9-7-17)32(38)24(23)14-27(26)37(22-4-2-1-3-5-22)28-16-36-31-25-12-21-11-20-10-19(15-33(20,21)25)29(31)30(28)35/h1-5,13-14,16-21,25H,6-12,15H2. The van der Waals surface area contributed by atoms with Gasteiger partial charge < -0.3 is 4.90 Å². The van der Waals surface area contributed by atoms with Crippen molar-refractivity contribution in [3.8, 4) is 0 Å². The zero-order valence-corrected chi connectivity index (χ0v) is 22.8. The molecular weight excluding hydrogens is 511 g/mol. The molecule has 2 aromatic carbocycles. The molecule has 0 aliphatic heterocycles. The molecule has 5 atom stereocenters. The summed E-state index contributed by atoms with van der Waals surface area (Å²) in [5.41, 5.74) is 7.74. The Morgan fingerprint density at radius 2 is 1.63 bits per heavy atom. The highest BCUT2D eigenvalue weighted by Gasteiger charge is 2.72. The van der Waals surface area contributed by atoms with E-state index in [0.717, 1.165) is 70.7 Å². The van der Waals surface area contributed by atoms with Gasteiger partial charge in [0.05, 0.1) is 27.6 Å². The van der Waals surface area contributed by atoms with E-state index in [-0.39, 0.29) is 11.7 Å². The van der Waals surface area contributed by atoms with Gasteiger partial charge in [-0.2, -0.15) is 0 Å². The van der Waals surface area contributed by atoms with Crippen molar-refractivity contribution in [2.45, 2.75) is 69.1 Å². The number of anilines is 3. The average molecular weight is 542 g/mol. The van der Waals surface area contributed by atoms with Gasteiger partial charge in [0.15, 0.2) is 5.78 Å². The van der Waals surface area contributed by atoms with Gasteiger partial charge in [0, 0.05) is 28.8 Å². The Morgan fingerprint density at radius 1 is 0.868 bits per heavy atom. The van der Waals surface area contributed by atoms with Crippen LogP contribution in [0.25, 0.3) is 0 Å².